The van der Waals surface area contributed by atoms with Crippen molar-refractivity contribution in [2.75, 3.05) is 22.9 Å². The highest BCUT2D eigenvalue weighted by Crippen LogP contribution is 2.38. The lowest BCUT2D eigenvalue weighted by molar-refractivity contribution is -0.138. The topological polar surface area (TPSA) is 126 Å². The quantitative estimate of drug-likeness (QED) is 0.317. The van der Waals surface area contributed by atoms with Crippen LogP contribution in [0.4, 0.5) is 20.3 Å². The van der Waals surface area contributed by atoms with E-state index in [0.29, 0.717) is 76.6 Å². The summed E-state index contributed by atoms with van der Waals surface area (Å²) in [5.74, 6) is -0.734. The van der Waals surface area contributed by atoms with Crippen LogP contribution in [0.15, 0.2) is 48.8 Å². The summed E-state index contributed by atoms with van der Waals surface area (Å²) in [4.78, 5) is 28.4. The Kier molecular flexibility index (Phi) is 5.81. The summed E-state index contributed by atoms with van der Waals surface area (Å²) >= 11 is 0. The Bertz CT molecular complexity index is 1880. The van der Waals surface area contributed by atoms with Gasteiger partial charge < -0.3 is 19.9 Å². The van der Waals surface area contributed by atoms with Crippen molar-refractivity contribution < 1.29 is 18.7 Å². The lowest BCUT2D eigenvalue weighted by Crippen LogP contribution is -2.36. The van der Waals surface area contributed by atoms with E-state index in [2.05, 4.69) is 16.2 Å². The van der Waals surface area contributed by atoms with E-state index < -0.39 is 23.6 Å². The van der Waals surface area contributed by atoms with E-state index in [1.165, 1.54) is 6.07 Å². The Morgan fingerprint density at radius 1 is 1.07 bits per heavy atom. The van der Waals surface area contributed by atoms with Gasteiger partial charge in [0.15, 0.2) is 5.65 Å². The molecule has 12 heteroatoms. The number of H-pyrrole nitrogens is 1. The molecule has 0 saturated carbocycles. The molecule has 0 spiro atoms. The number of hydrogen-bond donors (Lipinski definition) is 2. The maximum Gasteiger partial charge on any atom is 0.326 e. The molecule has 10 nitrogen and oxygen atoms in total. The van der Waals surface area contributed by atoms with Crippen molar-refractivity contribution in [1.29, 1.82) is 5.26 Å². The molecule has 41 heavy (non-hydrogen) atoms. The number of nitrogens with zero attached hydrogens (tertiary/aromatic N) is 7. The number of rotatable bonds is 5. The van der Waals surface area contributed by atoms with E-state index in [1.54, 1.807) is 40.0 Å². The SMILES string of the molecule is N#Cc1cc2nc(-c3cnn4ccc(N5CCC[C@@H]5c5cc(F)ccc5F)nc34)[nH]c2cc1N1CCC[C@H]1C(=O)O. The van der Waals surface area contributed by atoms with Crippen LogP contribution < -0.4 is 9.80 Å². The Labute approximate surface area is 232 Å². The van der Waals surface area contributed by atoms with Crippen LogP contribution in [0, 0.1) is 23.0 Å². The van der Waals surface area contributed by atoms with Crippen molar-refractivity contribution in [3.8, 4) is 17.5 Å². The maximum absolute atomic E-state index is 14.7. The Hall–Kier alpha value is -5.05. The number of nitriles is 1. The Balaban J connectivity index is 1.28. The highest BCUT2D eigenvalue weighted by molar-refractivity contribution is 5.89. The first-order chi connectivity index (χ1) is 19.9. The maximum atomic E-state index is 14.7. The zero-order valence-electron chi connectivity index (χ0n) is 21.8. The first-order valence-electron chi connectivity index (χ1n) is 13.4. The van der Waals surface area contributed by atoms with Gasteiger partial charge in [-0.1, -0.05) is 0 Å². The summed E-state index contributed by atoms with van der Waals surface area (Å²) in [6.45, 7) is 1.20. The molecule has 7 rings (SSSR count). The predicted octanol–water partition coefficient (Wildman–Crippen LogP) is 4.82. The minimum Gasteiger partial charge on any atom is -0.480 e. The third kappa shape index (κ3) is 4.12. The number of fused-ring (bicyclic) bond motifs is 2. The number of aliphatic carboxylic acids is 1. The number of imidazole rings is 1. The first-order valence-corrected chi connectivity index (χ1v) is 13.4. The molecule has 2 aromatic carbocycles. The molecular weight excluding hydrogens is 530 g/mol. The van der Waals surface area contributed by atoms with Gasteiger partial charge in [0.1, 0.15) is 35.4 Å². The standard InChI is InChI=1S/C29H24F2N8O2/c30-17-5-6-20(31)18(12-17)23-3-1-9-38(23)26-7-10-39-28(36-26)19(15-33-39)27-34-21-11-16(14-32)25(13-22(21)35-27)37-8-2-4-24(37)29(40)41/h5-7,10-13,15,23-24H,1-4,8-9H2,(H,34,35)(H,40,41)/t23-,24+/m1/s1. The molecule has 206 valence electrons. The number of anilines is 2. The molecular formula is C29H24F2N8O2. The number of nitrogens with one attached hydrogen (secondary N) is 1. The molecule has 2 aliphatic heterocycles. The smallest absolute Gasteiger partial charge is 0.326 e. The fourth-order valence-electron chi connectivity index (χ4n) is 6.13. The van der Waals surface area contributed by atoms with Gasteiger partial charge in [0.05, 0.1) is 40.1 Å². The molecule has 0 bridgehead atoms. The molecule has 2 aliphatic rings. The number of carbonyl (C=O) groups is 1. The largest absolute Gasteiger partial charge is 0.480 e. The minimum absolute atomic E-state index is 0.308. The van der Waals surface area contributed by atoms with Crippen molar-refractivity contribution >= 4 is 34.2 Å². The minimum atomic E-state index is -0.912. The van der Waals surface area contributed by atoms with Gasteiger partial charge in [0.2, 0.25) is 0 Å². The van der Waals surface area contributed by atoms with Gasteiger partial charge in [-0.3, -0.25) is 0 Å². The van der Waals surface area contributed by atoms with Crippen molar-refractivity contribution in [3.63, 3.8) is 0 Å². The number of aromatic nitrogens is 5. The van der Waals surface area contributed by atoms with Gasteiger partial charge in [-0.2, -0.15) is 10.4 Å². The third-order valence-electron chi connectivity index (χ3n) is 8.04. The van der Waals surface area contributed by atoms with Crippen molar-refractivity contribution in [2.24, 2.45) is 0 Å². The third-order valence-corrected chi connectivity index (χ3v) is 8.04. The van der Waals surface area contributed by atoms with Gasteiger partial charge in [-0.25, -0.2) is 28.1 Å². The van der Waals surface area contributed by atoms with E-state index >= 15 is 0 Å². The number of hydrogen-bond acceptors (Lipinski definition) is 7. The van der Waals surface area contributed by atoms with Crippen LogP contribution in [0.5, 0.6) is 0 Å². The van der Waals surface area contributed by atoms with Crippen LogP contribution >= 0.6 is 0 Å². The monoisotopic (exact) mass is 554 g/mol. The van der Waals surface area contributed by atoms with E-state index in [9.17, 15) is 23.9 Å². The van der Waals surface area contributed by atoms with Gasteiger partial charge in [-0.05, 0) is 62.1 Å². The number of carboxylic acids is 1. The first kappa shape index (κ1) is 25.0. The second-order valence-corrected chi connectivity index (χ2v) is 10.4. The van der Waals surface area contributed by atoms with Gasteiger partial charge >= 0.3 is 5.97 Å². The molecule has 5 heterocycles. The van der Waals surface area contributed by atoms with Crippen LogP contribution in [0.2, 0.25) is 0 Å². The Morgan fingerprint density at radius 2 is 1.90 bits per heavy atom. The van der Waals surface area contributed by atoms with E-state index in [-0.39, 0.29) is 6.04 Å². The summed E-state index contributed by atoms with van der Waals surface area (Å²) in [7, 11) is 0. The van der Waals surface area contributed by atoms with E-state index in [4.69, 9.17) is 9.97 Å². The highest BCUT2D eigenvalue weighted by Gasteiger charge is 2.33. The molecule has 2 atom stereocenters. The molecule has 5 aromatic rings. The molecule has 0 amide bonds. The lowest BCUT2D eigenvalue weighted by Gasteiger charge is -2.26. The molecule has 2 saturated heterocycles. The fraction of sp³-hybridized carbons (Fsp3) is 0.276. The number of aromatic amines is 1. The van der Waals surface area contributed by atoms with Crippen molar-refractivity contribution in [3.05, 3.63) is 71.6 Å². The molecule has 2 N–H and O–H groups in total. The van der Waals surface area contributed by atoms with E-state index in [1.807, 2.05) is 4.90 Å². The van der Waals surface area contributed by atoms with E-state index in [0.717, 1.165) is 25.0 Å². The molecule has 2 fully saturated rings. The second-order valence-electron chi connectivity index (χ2n) is 10.4. The molecule has 3 aromatic heterocycles. The average molecular weight is 555 g/mol. The Morgan fingerprint density at radius 3 is 2.73 bits per heavy atom. The molecule has 0 unspecified atom stereocenters. The van der Waals surface area contributed by atoms with Gasteiger partial charge in [0, 0.05) is 24.8 Å². The van der Waals surface area contributed by atoms with Gasteiger partial charge in [-0.15, -0.1) is 0 Å². The van der Waals surface area contributed by atoms with Crippen molar-refractivity contribution in [1.82, 2.24) is 24.6 Å². The lowest BCUT2D eigenvalue weighted by atomic mass is 10.0. The number of benzene rings is 2. The summed E-state index contributed by atoms with van der Waals surface area (Å²) < 4.78 is 30.2. The summed E-state index contributed by atoms with van der Waals surface area (Å²) in [6, 6.07) is 9.93. The fourth-order valence-corrected chi connectivity index (χ4v) is 6.13. The van der Waals surface area contributed by atoms with Crippen LogP contribution in [-0.4, -0.2) is 54.8 Å². The summed E-state index contributed by atoms with van der Waals surface area (Å²) in [5, 5.41) is 23.9. The normalized spacial score (nSPS) is 19.0. The van der Waals surface area contributed by atoms with Gasteiger partial charge in [0.25, 0.3) is 0 Å². The summed E-state index contributed by atoms with van der Waals surface area (Å²) in [6.07, 6.45) is 6.15. The van der Waals surface area contributed by atoms with Crippen LogP contribution in [-0.2, 0) is 4.79 Å². The average Bonchev–Trinajstić information content (AvgIpc) is 3.77. The zero-order valence-corrected chi connectivity index (χ0v) is 21.8. The van der Waals surface area contributed by atoms with Crippen molar-refractivity contribution in [2.45, 2.75) is 37.8 Å². The predicted molar refractivity (Wildman–Crippen MR) is 146 cm³/mol. The number of halogens is 2. The zero-order chi connectivity index (χ0) is 28.2. The highest BCUT2D eigenvalue weighted by atomic mass is 19.1. The van der Waals surface area contributed by atoms with Crippen LogP contribution in [0.25, 0.3) is 28.1 Å². The number of carboxylic acid groups (broad SMARTS) is 1. The second kappa shape index (κ2) is 9.55. The summed E-state index contributed by atoms with van der Waals surface area (Å²) in [5.41, 5.74) is 3.59. The molecule has 0 aliphatic carbocycles. The van der Waals surface area contributed by atoms with Crippen LogP contribution in [0.3, 0.4) is 0 Å². The van der Waals surface area contributed by atoms with Crippen LogP contribution in [0.1, 0.15) is 42.9 Å². The molecule has 0 radical (unpaired) electrons.